The molecule has 0 atom stereocenters. The van der Waals surface area contributed by atoms with Crippen LogP contribution >= 0.6 is 0 Å². The highest BCUT2D eigenvalue weighted by Gasteiger charge is 2.01. The average molecular weight is 262 g/mol. The number of nitrogens with two attached hydrogens (primary N) is 3. The largest absolute Gasteiger partial charge is 0.370 e. The summed E-state index contributed by atoms with van der Waals surface area (Å²) in [5.74, 6) is -0.0455. The second-order valence-corrected chi connectivity index (χ2v) is 4.13. The van der Waals surface area contributed by atoms with Crippen molar-refractivity contribution >= 4 is 17.6 Å². The number of aliphatic imine (C=N–C) groups is 2. The van der Waals surface area contributed by atoms with Crippen LogP contribution in [-0.2, 0) is 6.54 Å². The van der Waals surface area contributed by atoms with Gasteiger partial charge in [-0.05, 0) is 30.8 Å². The fourth-order valence-corrected chi connectivity index (χ4v) is 1.67. The van der Waals surface area contributed by atoms with E-state index in [1.54, 1.807) is 0 Å². The van der Waals surface area contributed by atoms with Crippen LogP contribution in [0.1, 0.15) is 19.4 Å². The Balaban J connectivity index is 2.74. The Bertz CT molecular complexity index is 441. The molecule has 0 saturated carbocycles. The first kappa shape index (κ1) is 15.0. The predicted molar refractivity (Wildman–Crippen MR) is 80.2 cm³/mol. The third kappa shape index (κ3) is 5.39. The second-order valence-electron chi connectivity index (χ2n) is 4.13. The van der Waals surface area contributed by atoms with Gasteiger partial charge in [0.15, 0.2) is 5.96 Å². The van der Waals surface area contributed by atoms with E-state index < -0.39 is 0 Å². The van der Waals surface area contributed by atoms with Crippen molar-refractivity contribution in [3.63, 3.8) is 0 Å². The summed E-state index contributed by atoms with van der Waals surface area (Å²) in [6.07, 6.45) is 0. The molecule has 0 radical (unpaired) electrons. The van der Waals surface area contributed by atoms with Gasteiger partial charge in [0.05, 0.1) is 5.69 Å². The Kier molecular flexibility index (Phi) is 5.81. The molecule has 0 fully saturated rings. The summed E-state index contributed by atoms with van der Waals surface area (Å²) in [5.41, 5.74) is 18.0. The third-order valence-corrected chi connectivity index (χ3v) is 2.72. The van der Waals surface area contributed by atoms with Gasteiger partial charge in [0.25, 0.3) is 0 Å². The highest BCUT2D eigenvalue weighted by molar-refractivity contribution is 5.93. The SMILES string of the molecule is CCN(CC)Cc1ccc(N=C(N)N=C(N)N)cc1. The van der Waals surface area contributed by atoms with E-state index in [2.05, 4.69) is 28.7 Å². The van der Waals surface area contributed by atoms with Gasteiger partial charge >= 0.3 is 0 Å². The van der Waals surface area contributed by atoms with Crippen molar-refractivity contribution in [3.05, 3.63) is 29.8 Å². The first-order chi connectivity index (χ1) is 9.05. The van der Waals surface area contributed by atoms with Crippen LogP contribution in [0, 0.1) is 0 Å². The lowest BCUT2D eigenvalue weighted by molar-refractivity contribution is 0.296. The minimum Gasteiger partial charge on any atom is -0.370 e. The minimum atomic E-state index is -0.0978. The van der Waals surface area contributed by atoms with Crippen molar-refractivity contribution in [2.75, 3.05) is 13.1 Å². The summed E-state index contributed by atoms with van der Waals surface area (Å²) in [6.45, 7) is 7.30. The highest BCUT2D eigenvalue weighted by Crippen LogP contribution is 2.14. The van der Waals surface area contributed by atoms with Crippen LogP contribution in [0.3, 0.4) is 0 Å². The zero-order chi connectivity index (χ0) is 14.3. The van der Waals surface area contributed by atoms with E-state index in [1.165, 1.54) is 5.56 Å². The lowest BCUT2D eigenvalue weighted by atomic mass is 10.2. The third-order valence-electron chi connectivity index (χ3n) is 2.72. The molecule has 6 nitrogen and oxygen atoms in total. The molecule has 0 bridgehead atoms. The van der Waals surface area contributed by atoms with Gasteiger partial charge in [0.2, 0.25) is 5.96 Å². The quantitative estimate of drug-likeness (QED) is 0.537. The summed E-state index contributed by atoms with van der Waals surface area (Å²) in [7, 11) is 0. The van der Waals surface area contributed by atoms with Gasteiger partial charge in [0, 0.05) is 6.54 Å². The van der Waals surface area contributed by atoms with Gasteiger partial charge in [0.1, 0.15) is 0 Å². The molecule has 0 amide bonds. The standard InChI is InChI=1S/C13H22N6/c1-3-19(4-2)9-10-5-7-11(8-6-10)17-13(16)18-12(14)15/h5-8H,3-4,9H2,1-2H3,(H6,14,15,16,17,18). The normalized spacial score (nSPS) is 11.6. The zero-order valence-corrected chi connectivity index (χ0v) is 11.5. The van der Waals surface area contributed by atoms with E-state index in [0.717, 1.165) is 25.3 Å². The molecule has 0 aliphatic heterocycles. The molecule has 0 aliphatic carbocycles. The van der Waals surface area contributed by atoms with Crippen molar-refractivity contribution in [2.24, 2.45) is 27.2 Å². The van der Waals surface area contributed by atoms with Crippen molar-refractivity contribution in [1.82, 2.24) is 4.90 Å². The summed E-state index contributed by atoms with van der Waals surface area (Å²) in [4.78, 5) is 10.1. The molecule has 1 aromatic carbocycles. The first-order valence-corrected chi connectivity index (χ1v) is 6.30. The van der Waals surface area contributed by atoms with E-state index >= 15 is 0 Å². The lowest BCUT2D eigenvalue weighted by Crippen LogP contribution is -2.26. The highest BCUT2D eigenvalue weighted by atomic mass is 15.1. The molecule has 6 N–H and O–H groups in total. The van der Waals surface area contributed by atoms with E-state index in [0.29, 0.717) is 0 Å². The fraction of sp³-hybridized carbons (Fsp3) is 0.385. The van der Waals surface area contributed by atoms with E-state index in [-0.39, 0.29) is 11.9 Å². The molecular formula is C13H22N6. The Morgan fingerprint density at radius 3 is 2.11 bits per heavy atom. The molecule has 0 aliphatic rings. The lowest BCUT2D eigenvalue weighted by Gasteiger charge is -2.17. The van der Waals surface area contributed by atoms with Crippen molar-refractivity contribution in [2.45, 2.75) is 20.4 Å². The number of rotatable bonds is 5. The van der Waals surface area contributed by atoms with Gasteiger partial charge in [-0.3, -0.25) is 4.90 Å². The van der Waals surface area contributed by atoms with E-state index in [9.17, 15) is 0 Å². The maximum Gasteiger partial charge on any atom is 0.223 e. The molecule has 0 heterocycles. The Hall–Kier alpha value is -2.08. The second kappa shape index (κ2) is 7.38. The fourth-order valence-electron chi connectivity index (χ4n) is 1.67. The molecule has 6 heteroatoms. The first-order valence-electron chi connectivity index (χ1n) is 6.30. The maximum absolute atomic E-state index is 5.56. The number of benzene rings is 1. The van der Waals surface area contributed by atoms with Crippen molar-refractivity contribution in [3.8, 4) is 0 Å². The predicted octanol–water partition coefficient (Wildman–Crippen LogP) is 0.748. The van der Waals surface area contributed by atoms with E-state index in [4.69, 9.17) is 17.2 Å². The molecule has 0 unspecified atom stereocenters. The smallest absolute Gasteiger partial charge is 0.223 e. The van der Waals surface area contributed by atoms with Crippen LogP contribution < -0.4 is 17.2 Å². The van der Waals surface area contributed by atoms with Gasteiger partial charge < -0.3 is 17.2 Å². The topological polar surface area (TPSA) is 106 Å². The molecule has 0 saturated heterocycles. The van der Waals surface area contributed by atoms with Gasteiger partial charge in [-0.15, -0.1) is 0 Å². The monoisotopic (exact) mass is 262 g/mol. The van der Waals surface area contributed by atoms with Crippen LogP contribution in [0.15, 0.2) is 34.3 Å². The Labute approximate surface area is 114 Å². The Morgan fingerprint density at radius 2 is 1.63 bits per heavy atom. The van der Waals surface area contributed by atoms with E-state index in [1.807, 2.05) is 24.3 Å². The average Bonchev–Trinajstić information content (AvgIpc) is 2.37. The van der Waals surface area contributed by atoms with Crippen LogP contribution in [0.2, 0.25) is 0 Å². The molecule has 19 heavy (non-hydrogen) atoms. The van der Waals surface area contributed by atoms with Crippen LogP contribution in [-0.4, -0.2) is 29.9 Å². The summed E-state index contributed by atoms with van der Waals surface area (Å²) < 4.78 is 0. The minimum absolute atomic E-state index is 0.0523. The summed E-state index contributed by atoms with van der Waals surface area (Å²) in [5, 5.41) is 0. The van der Waals surface area contributed by atoms with Crippen LogP contribution in [0.4, 0.5) is 5.69 Å². The molecule has 1 aromatic rings. The molecular weight excluding hydrogens is 240 g/mol. The molecule has 0 spiro atoms. The summed E-state index contributed by atoms with van der Waals surface area (Å²) >= 11 is 0. The Morgan fingerprint density at radius 1 is 1.05 bits per heavy atom. The summed E-state index contributed by atoms with van der Waals surface area (Å²) in [6, 6.07) is 7.85. The van der Waals surface area contributed by atoms with Gasteiger partial charge in [-0.2, -0.15) is 4.99 Å². The molecule has 0 aromatic heterocycles. The van der Waals surface area contributed by atoms with Gasteiger partial charge in [-0.1, -0.05) is 26.0 Å². The van der Waals surface area contributed by atoms with Crippen molar-refractivity contribution < 1.29 is 0 Å². The van der Waals surface area contributed by atoms with Crippen molar-refractivity contribution in [1.29, 1.82) is 0 Å². The maximum atomic E-state index is 5.56. The number of hydrogen-bond acceptors (Lipinski definition) is 2. The van der Waals surface area contributed by atoms with Gasteiger partial charge in [-0.25, -0.2) is 4.99 Å². The zero-order valence-electron chi connectivity index (χ0n) is 11.5. The number of nitrogens with zero attached hydrogens (tertiary/aromatic N) is 3. The van der Waals surface area contributed by atoms with Crippen LogP contribution in [0.25, 0.3) is 0 Å². The molecule has 1 rings (SSSR count). The number of guanidine groups is 2. The van der Waals surface area contributed by atoms with Crippen LogP contribution in [0.5, 0.6) is 0 Å². The molecule has 104 valence electrons. The number of hydrogen-bond donors (Lipinski definition) is 3.